The van der Waals surface area contributed by atoms with E-state index in [2.05, 4.69) is 60.2 Å². The van der Waals surface area contributed by atoms with Crippen LogP contribution in [-0.4, -0.2) is 36.1 Å². The first-order valence-corrected chi connectivity index (χ1v) is 8.08. The van der Waals surface area contributed by atoms with Crippen LogP contribution < -0.4 is 5.32 Å². The highest BCUT2D eigenvalue weighted by molar-refractivity contribution is 5.78. The van der Waals surface area contributed by atoms with Crippen LogP contribution in [0.5, 0.6) is 0 Å². The van der Waals surface area contributed by atoms with Crippen molar-refractivity contribution in [2.75, 3.05) is 26.2 Å². The number of pyridine rings is 1. The van der Waals surface area contributed by atoms with Crippen molar-refractivity contribution < 1.29 is 0 Å². The summed E-state index contributed by atoms with van der Waals surface area (Å²) in [5.41, 5.74) is 2.36. The van der Waals surface area contributed by atoms with Gasteiger partial charge in [-0.15, -0.1) is 0 Å². The highest BCUT2D eigenvalue weighted by atomic mass is 15.1. The highest BCUT2D eigenvalue weighted by Gasteiger charge is 2.12. The van der Waals surface area contributed by atoms with Gasteiger partial charge in [-0.1, -0.05) is 39.0 Å². The molecule has 1 aromatic carbocycles. The number of hydrogen-bond acceptors (Lipinski definition) is 3. The highest BCUT2D eigenvalue weighted by Crippen LogP contribution is 2.21. The van der Waals surface area contributed by atoms with Gasteiger partial charge < -0.3 is 10.2 Å². The van der Waals surface area contributed by atoms with E-state index in [4.69, 9.17) is 0 Å². The molecule has 3 heteroatoms. The van der Waals surface area contributed by atoms with Crippen LogP contribution in [-0.2, 0) is 0 Å². The third-order valence-corrected chi connectivity index (χ3v) is 4.09. The van der Waals surface area contributed by atoms with Gasteiger partial charge in [-0.3, -0.25) is 4.98 Å². The second kappa shape index (κ2) is 8.11. The summed E-state index contributed by atoms with van der Waals surface area (Å²) in [5.74, 6) is 0. The number of nitrogens with zero attached hydrogens (tertiary/aromatic N) is 2. The fourth-order valence-corrected chi connectivity index (χ4v) is 2.76. The fraction of sp³-hybridized carbons (Fsp3) is 0.500. The van der Waals surface area contributed by atoms with Gasteiger partial charge in [-0.05, 0) is 50.3 Å². The molecule has 1 atom stereocenters. The predicted molar refractivity (Wildman–Crippen MR) is 90.6 cm³/mol. The minimum Gasteiger partial charge on any atom is -0.310 e. The second-order valence-electron chi connectivity index (χ2n) is 5.39. The smallest absolute Gasteiger partial charge is 0.0702 e. The van der Waals surface area contributed by atoms with Crippen LogP contribution in [0.25, 0.3) is 10.9 Å². The van der Waals surface area contributed by atoms with Gasteiger partial charge in [-0.2, -0.15) is 0 Å². The third kappa shape index (κ3) is 4.26. The topological polar surface area (TPSA) is 28.2 Å². The van der Waals surface area contributed by atoms with E-state index in [0.717, 1.165) is 38.1 Å². The van der Waals surface area contributed by atoms with Gasteiger partial charge in [0.05, 0.1) is 5.52 Å². The van der Waals surface area contributed by atoms with Crippen molar-refractivity contribution in [3.63, 3.8) is 0 Å². The van der Waals surface area contributed by atoms with Crippen LogP contribution in [0, 0.1) is 0 Å². The number of nitrogens with one attached hydrogen (secondary N) is 1. The van der Waals surface area contributed by atoms with Crippen molar-refractivity contribution in [2.24, 2.45) is 0 Å². The molecule has 0 fully saturated rings. The van der Waals surface area contributed by atoms with Crippen LogP contribution >= 0.6 is 0 Å². The van der Waals surface area contributed by atoms with Crippen molar-refractivity contribution in [3.05, 3.63) is 42.1 Å². The number of benzene rings is 1. The normalized spacial score (nSPS) is 13.0. The number of para-hydroxylation sites is 1. The third-order valence-electron chi connectivity index (χ3n) is 4.09. The predicted octanol–water partition coefficient (Wildman–Crippen LogP) is 3.62. The van der Waals surface area contributed by atoms with Crippen LogP contribution in [0.1, 0.15) is 38.8 Å². The molecule has 1 aromatic heterocycles. The minimum atomic E-state index is 0.382. The molecule has 1 N–H and O–H groups in total. The van der Waals surface area contributed by atoms with E-state index in [9.17, 15) is 0 Å². The Hall–Kier alpha value is -1.45. The molecule has 0 saturated carbocycles. The Balaban J connectivity index is 2.15. The van der Waals surface area contributed by atoms with Gasteiger partial charge in [0, 0.05) is 17.6 Å². The molecule has 3 nitrogen and oxygen atoms in total. The summed E-state index contributed by atoms with van der Waals surface area (Å²) < 4.78 is 0. The van der Waals surface area contributed by atoms with E-state index in [1.807, 2.05) is 12.3 Å². The fourth-order valence-electron chi connectivity index (χ4n) is 2.76. The van der Waals surface area contributed by atoms with E-state index in [-0.39, 0.29) is 0 Å². The zero-order chi connectivity index (χ0) is 15.1. The molecule has 2 aromatic rings. The summed E-state index contributed by atoms with van der Waals surface area (Å²) in [6, 6.07) is 11.0. The quantitative estimate of drug-likeness (QED) is 0.803. The molecule has 0 saturated heterocycles. The molecule has 1 heterocycles. The minimum absolute atomic E-state index is 0.382. The van der Waals surface area contributed by atoms with Crippen molar-refractivity contribution in [2.45, 2.75) is 33.2 Å². The van der Waals surface area contributed by atoms with E-state index in [0.29, 0.717) is 6.04 Å². The summed E-state index contributed by atoms with van der Waals surface area (Å²) in [6.45, 7) is 11.0. The van der Waals surface area contributed by atoms with Crippen molar-refractivity contribution in [1.82, 2.24) is 15.2 Å². The molecule has 0 aliphatic carbocycles. The molecule has 0 spiro atoms. The summed E-state index contributed by atoms with van der Waals surface area (Å²) in [5, 5.41) is 4.82. The molecule has 0 radical (unpaired) electrons. The lowest BCUT2D eigenvalue weighted by Crippen LogP contribution is -2.29. The Bertz CT molecular complexity index is 549. The van der Waals surface area contributed by atoms with Gasteiger partial charge in [0.2, 0.25) is 0 Å². The Morgan fingerprint density at radius 3 is 2.62 bits per heavy atom. The lowest BCUT2D eigenvalue weighted by molar-refractivity contribution is 0.282. The summed E-state index contributed by atoms with van der Waals surface area (Å²) in [4.78, 5) is 7.07. The van der Waals surface area contributed by atoms with Crippen molar-refractivity contribution in [3.8, 4) is 0 Å². The van der Waals surface area contributed by atoms with Crippen LogP contribution in [0.2, 0.25) is 0 Å². The molecule has 0 bridgehead atoms. The maximum atomic E-state index is 4.60. The molecular weight excluding hydrogens is 258 g/mol. The van der Waals surface area contributed by atoms with Crippen LogP contribution in [0.3, 0.4) is 0 Å². The largest absolute Gasteiger partial charge is 0.310 e. The lowest BCUT2D eigenvalue weighted by atomic mass is 10.0. The van der Waals surface area contributed by atoms with Gasteiger partial charge >= 0.3 is 0 Å². The van der Waals surface area contributed by atoms with E-state index in [1.54, 1.807) is 0 Å². The van der Waals surface area contributed by atoms with Gasteiger partial charge in [0.15, 0.2) is 0 Å². The van der Waals surface area contributed by atoms with Crippen LogP contribution in [0.4, 0.5) is 0 Å². The van der Waals surface area contributed by atoms with Crippen molar-refractivity contribution >= 4 is 10.9 Å². The number of rotatable bonds is 8. The summed E-state index contributed by atoms with van der Waals surface area (Å²) in [6.07, 6.45) is 3.15. The van der Waals surface area contributed by atoms with E-state index < -0.39 is 0 Å². The van der Waals surface area contributed by atoms with E-state index >= 15 is 0 Å². The number of fused-ring (bicyclic) bond motifs is 1. The first kappa shape index (κ1) is 15.9. The first-order valence-electron chi connectivity index (χ1n) is 8.08. The monoisotopic (exact) mass is 285 g/mol. The Labute approximate surface area is 128 Å². The molecule has 0 aliphatic rings. The molecular formula is C18H27N3. The van der Waals surface area contributed by atoms with Crippen molar-refractivity contribution in [1.29, 1.82) is 0 Å². The number of hydrogen-bond donors (Lipinski definition) is 1. The van der Waals surface area contributed by atoms with Crippen LogP contribution in [0.15, 0.2) is 36.5 Å². The SMILES string of the molecule is CCNC(CCN(CC)CC)c1cnc2ccccc2c1. The maximum absolute atomic E-state index is 4.60. The zero-order valence-corrected chi connectivity index (χ0v) is 13.5. The maximum Gasteiger partial charge on any atom is 0.0702 e. The second-order valence-corrected chi connectivity index (χ2v) is 5.39. The molecule has 1 unspecified atom stereocenters. The summed E-state index contributed by atoms with van der Waals surface area (Å²) >= 11 is 0. The molecule has 114 valence electrons. The van der Waals surface area contributed by atoms with Gasteiger partial charge in [-0.25, -0.2) is 0 Å². The average Bonchev–Trinajstić information content (AvgIpc) is 2.54. The molecule has 21 heavy (non-hydrogen) atoms. The molecule has 2 rings (SSSR count). The van der Waals surface area contributed by atoms with Gasteiger partial charge in [0.1, 0.15) is 0 Å². The Morgan fingerprint density at radius 2 is 1.90 bits per heavy atom. The average molecular weight is 285 g/mol. The Morgan fingerprint density at radius 1 is 1.14 bits per heavy atom. The first-order chi connectivity index (χ1) is 10.3. The lowest BCUT2D eigenvalue weighted by Gasteiger charge is -2.23. The standard InChI is InChI=1S/C18H27N3/c1-4-19-18(11-12-21(5-2)6-3)16-13-15-9-7-8-10-17(15)20-14-16/h7-10,13-14,18-19H,4-6,11-12H2,1-3H3. The molecule has 0 amide bonds. The van der Waals surface area contributed by atoms with E-state index in [1.165, 1.54) is 10.9 Å². The molecule has 0 aliphatic heterocycles. The number of aromatic nitrogens is 1. The van der Waals surface area contributed by atoms with Gasteiger partial charge in [0.25, 0.3) is 0 Å². The summed E-state index contributed by atoms with van der Waals surface area (Å²) in [7, 11) is 0. The zero-order valence-electron chi connectivity index (χ0n) is 13.5. The Kier molecular flexibility index (Phi) is 6.15.